The summed E-state index contributed by atoms with van der Waals surface area (Å²) in [4.78, 5) is 0. The number of hydrogen-bond donors (Lipinski definition) is 0. The van der Waals surface area contributed by atoms with Crippen LogP contribution in [0.25, 0.3) is 0 Å². The second-order valence-electron chi connectivity index (χ2n) is 7.99. The zero-order valence-corrected chi connectivity index (χ0v) is 17.9. The summed E-state index contributed by atoms with van der Waals surface area (Å²) in [5.41, 5.74) is 0. The first kappa shape index (κ1) is 23.7. The summed E-state index contributed by atoms with van der Waals surface area (Å²) in [6, 6.07) is 0. The van der Waals surface area contributed by atoms with Gasteiger partial charge in [-0.1, -0.05) is 63.5 Å². The van der Waals surface area contributed by atoms with Crippen molar-refractivity contribution in [1.82, 2.24) is 4.57 Å². The Labute approximate surface area is 169 Å². The summed E-state index contributed by atoms with van der Waals surface area (Å²) in [6.07, 6.45) is 32.4. The molecule has 154 valence electrons. The van der Waals surface area contributed by atoms with E-state index in [4.69, 9.17) is 0 Å². The van der Waals surface area contributed by atoms with Crippen LogP contribution in [0.4, 0.5) is 0 Å². The van der Waals surface area contributed by atoms with Crippen molar-refractivity contribution in [2.24, 2.45) is 0 Å². The average Bonchev–Trinajstić information content (AvgIpc) is 3.13. The second kappa shape index (κ2) is 18.1. The van der Waals surface area contributed by atoms with E-state index in [2.05, 4.69) is 41.0 Å². The SMILES string of the molecule is C=CCCCCCCCCCn1cc[n+](CCCCCCCCCC=C)c1. The maximum Gasteiger partial charge on any atom is 0.243 e. The van der Waals surface area contributed by atoms with E-state index >= 15 is 0 Å². The fourth-order valence-corrected chi connectivity index (χ4v) is 3.64. The Morgan fingerprint density at radius 1 is 0.630 bits per heavy atom. The normalized spacial score (nSPS) is 11.0. The molecule has 0 N–H and O–H groups in total. The Morgan fingerprint density at radius 3 is 1.67 bits per heavy atom. The summed E-state index contributed by atoms with van der Waals surface area (Å²) >= 11 is 0. The van der Waals surface area contributed by atoms with Crippen molar-refractivity contribution in [2.75, 3.05) is 0 Å². The monoisotopic (exact) mass is 373 g/mol. The van der Waals surface area contributed by atoms with E-state index in [0.29, 0.717) is 0 Å². The molecule has 1 aromatic rings. The topological polar surface area (TPSA) is 8.81 Å². The molecule has 0 saturated carbocycles. The van der Waals surface area contributed by atoms with Gasteiger partial charge in [0.1, 0.15) is 12.4 Å². The van der Waals surface area contributed by atoms with Crippen molar-refractivity contribution < 1.29 is 4.57 Å². The van der Waals surface area contributed by atoms with E-state index in [1.54, 1.807) is 0 Å². The molecule has 0 aliphatic carbocycles. The van der Waals surface area contributed by atoms with Crippen LogP contribution < -0.4 is 4.57 Å². The molecule has 27 heavy (non-hydrogen) atoms. The van der Waals surface area contributed by atoms with Gasteiger partial charge >= 0.3 is 0 Å². The molecule has 0 fully saturated rings. The van der Waals surface area contributed by atoms with Gasteiger partial charge in [0.2, 0.25) is 6.33 Å². The van der Waals surface area contributed by atoms with Crippen molar-refractivity contribution in [3.8, 4) is 0 Å². The van der Waals surface area contributed by atoms with E-state index in [1.807, 2.05) is 12.2 Å². The maximum absolute atomic E-state index is 3.78. The quantitative estimate of drug-likeness (QED) is 0.128. The lowest BCUT2D eigenvalue weighted by atomic mass is 10.1. The highest BCUT2D eigenvalue weighted by atomic mass is 15.1. The largest absolute Gasteiger partial charge is 0.243 e. The van der Waals surface area contributed by atoms with E-state index in [0.717, 1.165) is 0 Å². The van der Waals surface area contributed by atoms with E-state index in [-0.39, 0.29) is 0 Å². The molecule has 0 saturated heterocycles. The third kappa shape index (κ3) is 14.4. The smallest absolute Gasteiger partial charge is 0.237 e. The number of aromatic nitrogens is 2. The van der Waals surface area contributed by atoms with Gasteiger partial charge in [0.25, 0.3) is 0 Å². The van der Waals surface area contributed by atoms with Crippen molar-refractivity contribution in [3.05, 3.63) is 44.0 Å². The lowest BCUT2D eigenvalue weighted by molar-refractivity contribution is -0.696. The van der Waals surface area contributed by atoms with Crippen molar-refractivity contribution in [1.29, 1.82) is 0 Å². The van der Waals surface area contributed by atoms with Crippen molar-refractivity contribution in [3.63, 3.8) is 0 Å². The van der Waals surface area contributed by atoms with Crippen LogP contribution in [0, 0.1) is 0 Å². The second-order valence-corrected chi connectivity index (χ2v) is 7.99. The number of rotatable bonds is 20. The van der Waals surface area contributed by atoms with Gasteiger partial charge in [0, 0.05) is 0 Å². The molecular weight excluding hydrogens is 328 g/mol. The molecule has 2 nitrogen and oxygen atoms in total. The first-order chi connectivity index (χ1) is 13.4. The van der Waals surface area contributed by atoms with Crippen LogP contribution in [0.15, 0.2) is 44.0 Å². The standard InChI is InChI=1S/C25H45N2/c1-3-5-7-9-11-13-15-17-19-21-26-23-24-27(25-26)22-20-18-16-14-12-10-8-6-4-2/h3-4,23-25H,1-2,5-22H2/q+1. The Hall–Kier alpha value is -1.31. The Kier molecular flexibility index (Phi) is 15.9. The molecule has 0 spiro atoms. The fraction of sp³-hybridized carbons (Fsp3) is 0.720. The van der Waals surface area contributed by atoms with Crippen molar-refractivity contribution in [2.45, 2.75) is 116 Å². The minimum absolute atomic E-state index is 1.17. The zero-order chi connectivity index (χ0) is 19.4. The molecule has 0 radical (unpaired) electrons. The third-order valence-electron chi connectivity index (χ3n) is 5.40. The highest BCUT2D eigenvalue weighted by Crippen LogP contribution is 2.10. The minimum atomic E-state index is 1.17. The number of unbranched alkanes of at least 4 members (excludes halogenated alkanes) is 14. The molecule has 2 heteroatoms. The lowest BCUT2D eigenvalue weighted by Gasteiger charge is -2.01. The molecule has 0 aliphatic heterocycles. The molecule has 1 heterocycles. The minimum Gasteiger partial charge on any atom is -0.237 e. The van der Waals surface area contributed by atoms with E-state index in [9.17, 15) is 0 Å². The Bertz CT molecular complexity index is 420. The first-order valence-electron chi connectivity index (χ1n) is 11.6. The molecule has 0 bridgehead atoms. The number of imidazole rings is 1. The van der Waals surface area contributed by atoms with Gasteiger partial charge in [-0.05, 0) is 51.4 Å². The number of nitrogens with zero attached hydrogens (tertiary/aromatic N) is 2. The van der Waals surface area contributed by atoms with Gasteiger partial charge in [-0.25, -0.2) is 9.13 Å². The molecule has 0 amide bonds. The number of aryl methyl sites for hydroxylation is 2. The van der Waals surface area contributed by atoms with Gasteiger partial charge in [-0.3, -0.25) is 0 Å². The predicted octanol–water partition coefficient (Wildman–Crippen LogP) is 7.39. The third-order valence-corrected chi connectivity index (χ3v) is 5.40. The average molecular weight is 374 g/mol. The summed E-state index contributed by atoms with van der Waals surface area (Å²) in [5, 5.41) is 0. The Morgan fingerprint density at radius 2 is 1.11 bits per heavy atom. The van der Waals surface area contributed by atoms with Crippen LogP contribution in [0.5, 0.6) is 0 Å². The van der Waals surface area contributed by atoms with E-state index in [1.165, 1.54) is 116 Å². The first-order valence-corrected chi connectivity index (χ1v) is 11.6. The molecule has 0 atom stereocenters. The summed E-state index contributed by atoms with van der Waals surface area (Å²) < 4.78 is 4.73. The molecule has 0 aromatic carbocycles. The van der Waals surface area contributed by atoms with Crippen LogP contribution in [-0.2, 0) is 13.1 Å². The van der Waals surface area contributed by atoms with Gasteiger partial charge in [-0.2, -0.15) is 0 Å². The predicted molar refractivity (Wildman–Crippen MR) is 119 cm³/mol. The van der Waals surface area contributed by atoms with Gasteiger partial charge in [-0.15, -0.1) is 13.2 Å². The number of hydrogen-bond acceptors (Lipinski definition) is 0. The molecule has 1 rings (SSSR count). The van der Waals surface area contributed by atoms with Crippen molar-refractivity contribution >= 4 is 0 Å². The lowest BCUT2D eigenvalue weighted by Crippen LogP contribution is -2.30. The highest BCUT2D eigenvalue weighted by molar-refractivity contribution is 4.67. The maximum atomic E-state index is 3.78. The van der Waals surface area contributed by atoms with Crippen LogP contribution in [0.3, 0.4) is 0 Å². The number of allylic oxidation sites excluding steroid dienone is 2. The molecular formula is C25H45N2+. The van der Waals surface area contributed by atoms with Crippen LogP contribution in [0.1, 0.15) is 103 Å². The van der Waals surface area contributed by atoms with Crippen LogP contribution >= 0.6 is 0 Å². The molecule has 0 aliphatic rings. The Balaban J connectivity index is 1.92. The van der Waals surface area contributed by atoms with Crippen LogP contribution in [-0.4, -0.2) is 4.57 Å². The molecule has 1 aromatic heterocycles. The summed E-state index contributed by atoms with van der Waals surface area (Å²) in [7, 11) is 0. The highest BCUT2D eigenvalue weighted by Gasteiger charge is 2.03. The van der Waals surface area contributed by atoms with Crippen LogP contribution in [0.2, 0.25) is 0 Å². The summed E-state index contributed by atoms with van der Waals surface area (Å²) in [6.45, 7) is 9.91. The van der Waals surface area contributed by atoms with Gasteiger partial charge in [0.05, 0.1) is 13.1 Å². The van der Waals surface area contributed by atoms with Gasteiger partial charge in [0.15, 0.2) is 0 Å². The molecule has 0 unspecified atom stereocenters. The van der Waals surface area contributed by atoms with E-state index < -0.39 is 0 Å². The zero-order valence-electron chi connectivity index (χ0n) is 17.9. The summed E-state index contributed by atoms with van der Waals surface area (Å²) in [5.74, 6) is 0. The fourth-order valence-electron chi connectivity index (χ4n) is 3.64. The van der Waals surface area contributed by atoms with Gasteiger partial charge < -0.3 is 0 Å².